The fraction of sp³-hybridized carbons (Fsp3) is 0.750. The molecular formula is C8H17ClN2O3. The average molecular weight is 225 g/mol. The summed E-state index contributed by atoms with van der Waals surface area (Å²) in [5, 5.41) is 19.7. The maximum atomic E-state index is 10.1. The van der Waals surface area contributed by atoms with Crippen molar-refractivity contribution >= 4 is 24.1 Å². The number of hydrogen-bond acceptors (Lipinski definition) is 4. The fourth-order valence-electron chi connectivity index (χ4n) is 0.975. The van der Waals surface area contributed by atoms with Crippen LogP contribution in [0.15, 0.2) is 5.16 Å². The highest BCUT2D eigenvalue weighted by Gasteiger charge is 1.99. The first kappa shape index (κ1) is 15.7. The lowest BCUT2D eigenvalue weighted by Gasteiger charge is -2.00. The topological polar surface area (TPSA) is 95.9 Å². The van der Waals surface area contributed by atoms with Gasteiger partial charge in [-0.05, 0) is 19.3 Å². The summed E-state index contributed by atoms with van der Waals surface area (Å²) in [5.41, 5.74) is 5.83. The first-order valence-corrected chi connectivity index (χ1v) is 4.32. The minimum Gasteiger partial charge on any atom is -0.481 e. The van der Waals surface area contributed by atoms with Gasteiger partial charge in [-0.25, -0.2) is 0 Å². The number of aliphatic carboxylic acids is 1. The highest BCUT2D eigenvalue weighted by molar-refractivity contribution is 5.85. The normalized spacial score (nSPS) is 10.8. The summed E-state index contributed by atoms with van der Waals surface area (Å²) in [7, 11) is 0. The van der Waals surface area contributed by atoms with Gasteiger partial charge in [0.05, 0.1) is 5.71 Å². The largest absolute Gasteiger partial charge is 0.481 e. The van der Waals surface area contributed by atoms with E-state index < -0.39 is 5.97 Å². The van der Waals surface area contributed by atoms with Crippen LogP contribution in [0.25, 0.3) is 0 Å². The van der Waals surface area contributed by atoms with E-state index >= 15 is 0 Å². The van der Waals surface area contributed by atoms with Gasteiger partial charge in [-0.1, -0.05) is 11.6 Å². The Morgan fingerprint density at radius 3 is 2.21 bits per heavy atom. The lowest BCUT2D eigenvalue weighted by Crippen LogP contribution is -2.13. The van der Waals surface area contributed by atoms with Gasteiger partial charge in [-0.2, -0.15) is 0 Å². The number of nitrogens with two attached hydrogens (primary N) is 1. The van der Waals surface area contributed by atoms with Gasteiger partial charge in [-0.3, -0.25) is 4.79 Å². The highest BCUT2D eigenvalue weighted by atomic mass is 35.5. The number of hydrogen-bond donors (Lipinski definition) is 3. The molecule has 0 aliphatic heterocycles. The van der Waals surface area contributed by atoms with Crippen LogP contribution in [0.2, 0.25) is 0 Å². The summed E-state index contributed by atoms with van der Waals surface area (Å²) < 4.78 is 0. The Morgan fingerprint density at radius 1 is 1.21 bits per heavy atom. The number of carboxylic acids is 1. The zero-order valence-corrected chi connectivity index (χ0v) is 8.79. The van der Waals surface area contributed by atoms with Crippen molar-refractivity contribution in [2.24, 2.45) is 10.9 Å². The molecule has 84 valence electrons. The Kier molecular flexibility index (Phi) is 11.5. The van der Waals surface area contributed by atoms with Gasteiger partial charge < -0.3 is 16.0 Å². The molecular weight excluding hydrogens is 208 g/mol. The Labute approximate surface area is 89.4 Å². The Hall–Kier alpha value is -0.810. The summed E-state index contributed by atoms with van der Waals surface area (Å²) in [4.78, 5) is 10.1. The molecule has 0 aliphatic carbocycles. The Balaban J connectivity index is 0. The second kappa shape index (κ2) is 10.3. The summed E-state index contributed by atoms with van der Waals surface area (Å²) >= 11 is 0. The molecule has 6 heteroatoms. The van der Waals surface area contributed by atoms with Crippen LogP contribution >= 0.6 is 12.4 Å². The van der Waals surface area contributed by atoms with E-state index in [1.807, 2.05) is 0 Å². The monoisotopic (exact) mass is 224 g/mol. The van der Waals surface area contributed by atoms with Gasteiger partial charge in [-0.15, -0.1) is 12.4 Å². The van der Waals surface area contributed by atoms with E-state index in [0.29, 0.717) is 18.6 Å². The number of oxime groups is 1. The molecule has 0 aromatic heterocycles. The number of rotatable bonds is 7. The van der Waals surface area contributed by atoms with Crippen LogP contribution in [0, 0.1) is 0 Å². The standard InChI is InChI=1S/C8H16N2O3.ClH/c9-6-7(10-13)4-2-1-3-5-8(11)12;/h13H,1-6,9H2,(H,11,12);1H/b10-7+;. The van der Waals surface area contributed by atoms with Crippen LogP contribution in [-0.2, 0) is 4.79 Å². The van der Waals surface area contributed by atoms with E-state index in [9.17, 15) is 4.79 Å². The predicted molar refractivity (Wildman–Crippen MR) is 56.2 cm³/mol. The smallest absolute Gasteiger partial charge is 0.303 e. The quantitative estimate of drug-likeness (QED) is 0.262. The molecule has 0 rings (SSSR count). The number of nitrogens with zero attached hydrogens (tertiary/aromatic N) is 1. The number of carbonyl (C=O) groups is 1. The summed E-state index contributed by atoms with van der Waals surface area (Å²) in [6, 6.07) is 0. The summed E-state index contributed by atoms with van der Waals surface area (Å²) in [6.45, 7) is 0.259. The molecule has 4 N–H and O–H groups in total. The zero-order chi connectivity index (χ0) is 10.1. The molecule has 5 nitrogen and oxygen atoms in total. The van der Waals surface area contributed by atoms with Crippen LogP contribution < -0.4 is 5.73 Å². The van der Waals surface area contributed by atoms with Crippen molar-refractivity contribution < 1.29 is 15.1 Å². The first-order valence-electron chi connectivity index (χ1n) is 4.32. The van der Waals surface area contributed by atoms with Crippen molar-refractivity contribution in [3.8, 4) is 0 Å². The molecule has 0 radical (unpaired) electrons. The Morgan fingerprint density at radius 2 is 1.79 bits per heavy atom. The molecule has 0 aliphatic rings. The molecule has 0 amide bonds. The molecule has 14 heavy (non-hydrogen) atoms. The second-order valence-corrected chi connectivity index (χ2v) is 2.82. The number of halogens is 1. The molecule has 0 fully saturated rings. The van der Waals surface area contributed by atoms with Crippen LogP contribution in [0.1, 0.15) is 32.1 Å². The number of carboxylic acid groups (broad SMARTS) is 1. The van der Waals surface area contributed by atoms with Crippen molar-refractivity contribution in [2.45, 2.75) is 32.1 Å². The fourth-order valence-corrected chi connectivity index (χ4v) is 0.975. The second-order valence-electron chi connectivity index (χ2n) is 2.82. The molecule has 0 heterocycles. The van der Waals surface area contributed by atoms with Gasteiger partial charge >= 0.3 is 5.97 Å². The van der Waals surface area contributed by atoms with Gasteiger partial charge in [0, 0.05) is 13.0 Å². The maximum absolute atomic E-state index is 10.1. The van der Waals surface area contributed by atoms with Crippen LogP contribution in [0.5, 0.6) is 0 Å². The third-order valence-corrected chi connectivity index (χ3v) is 1.73. The molecule has 0 aromatic rings. The van der Waals surface area contributed by atoms with Crippen molar-refractivity contribution in [3.05, 3.63) is 0 Å². The highest BCUT2D eigenvalue weighted by Crippen LogP contribution is 2.03. The van der Waals surface area contributed by atoms with E-state index in [2.05, 4.69) is 5.16 Å². The number of unbranched alkanes of at least 4 members (excludes halogenated alkanes) is 2. The third-order valence-electron chi connectivity index (χ3n) is 1.73. The maximum Gasteiger partial charge on any atom is 0.303 e. The molecule has 0 saturated heterocycles. The SMILES string of the molecule is Cl.NC/C(CCCCCC(=O)O)=N/O. The summed E-state index contributed by atoms with van der Waals surface area (Å²) in [6.07, 6.45) is 3.16. The van der Waals surface area contributed by atoms with Crippen molar-refractivity contribution in [3.63, 3.8) is 0 Å². The molecule has 0 bridgehead atoms. The molecule has 0 spiro atoms. The van der Waals surface area contributed by atoms with E-state index in [1.54, 1.807) is 0 Å². The molecule has 0 aromatic carbocycles. The predicted octanol–water partition coefficient (Wildman–Crippen LogP) is 1.23. The van der Waals surface area contributed by atoms with E-state index in [0.717, 1.165) is 12.8 Å². The molecule has 0 unspecified atom stereocenters. The van der Waals surface area contributed by atoms with E-state index in [4.69, 9.17) is 16.0 Å². The zero-order valence-electron chi connectivity index (χ0n) is 7.98. The van der Waals surface area contributed by atoms with Crippen LogP contribution in [-0.4, -0.2) is 28.5 Å². The minimum atomic E-state index is -0.769. The summed E-state index contributed by atoms with van der Waals surface area (Å²) in [5.74, 6) is -0.769. The van der Waals surface area contributed by atoms with Gasteiger partial charge in [0.1, 0.15) is 0 Å². The minimum absolute atomic E-state index is 0. The lowest BCUT2D eigenvalue weighted by molar-refractivity contribution is -0.137. The van der Waals surface area contributed by atoms with Crippen LogP contribution in [0.4, 0.5) is 0 Å². The van der Waals surface area contributed by atoms with Crippen molar-refractivity contribution in [1.82, 2.24) is 0 Å². The Bertz CT molecular complexity index is 185. The van der Waals surface area contributed by atoms with Crippen LogP contribution in [0.3, 0.4) is 0 Å². The van der Waals surface area contributed by atoms with Gasteiger partial charge in [0.2, 0.25) is 0 Å². The molecule has 0 atom stereocenters. The third kappa shape index (κ3) is 9.28. The van der Waals surface area contributed by atoms with Gasteiger partial charge in [0.25, 0.3) is 0 Å². The average Bonchev–Trinajstić information content (AvgIpc) is 2.11. The first-order chi connectivity index (χ1) is 6.20. The van der Waals surface area contributed by atoms with E-state index in [-0.39, 0.29) is 25.4 Å². The lowest BCUT2D eigenvalue weighted by atomic mass is 10.1. The van der Waals surface area contributed by atoms with Gasteiger partial charge in [0.15, 0.2) is 0 Å². The van der Waals surface area contributed by atoms with Crippen molar-refractivity contribution in [1.29, 1.82) is 0 Å². The van der Waals surface area contributed by atoms with E-state index in [1.165, 1.54) is 0 Å². The van der Waals surface area contributed by atoms with Crippen molar-refractivity contribution in [2.75, 3.05) is 6.54 Å². The molecule has 0 saturated carbocycles.